The van der Waals surface area contributed by atoms with Gasteiger partial charge in [0, 0.05) is 12.6 Å². The van der Waals surface area contributed by atoms with Crippen LogP contribution < -0.4 is 11.1 Å². The lowest BCUT2D eigenvalue weighted by Gasteiger charge is -2.20. The lowest BCUT2D eigenvalue weighted by Crippen LogP contribution is -2.27. The smallest absolute Gasteiger partial charge is 0.148 e. The molecule has 3 N–H and O–H groups in total. The number of unbranched alkanes of at least 4 members (excludes halogenated alkanes) is 1. The van der Waals surface area contributed by atoms with E-state index in [1.165, 1.54) is 6.07 Å². The Bertz CT molecular complexity index is 366. The van der Waals surface area contributed by atoms with Crippen LogP contribution in [-0.2, 0) is 0 Å². The first-order chi connectivity index (χ1) is 8.52. The minimum Gasteiger partial charge on any atom is -0.395 e. The minimum atomic E-state index is -0.362. The van der Waals surface area contributed by atoms with Crippen molar-refractivity contribution in [1.29, 1.82) is 0 Å². The zero-order chi connectivity index (χ0) is 13.5. The lowest BCUT2D eigenvalue weighted by atomic mass is 10.2. The second kappa shape index (κ2) is 7.21. The van der Waals surface area contributed by atoms with Gasteiger partial charge in [-0.05, 0) is 52.4 Å². The molecule has 102 valence electrons. The number of nitrogens with zero attached hydrogens (tertiary/aromatic N) is 1. The molecule has 4 heteroatoms. The molecule has 0 aliphatic carbocycles. The summed E-state index contributed by atoms with van der Waals surface area (Å²) in [6.45, 7) is 6.27. The average Bonchev–Trinajstić information content (AvgIpc) is 2.33. The number of hydrogen-bond donors (Lipinski definition) is 2. The van der Waals surface area contributed by atoms with E-state index >= 15 is 0 Å². The van der Waals surface area contributed by atoms with Gasteiger partial charge in [-0.2, -0.15) is 0 Å². The maximum absolute atomic E-state index is 13.2. The van der Waals surface area contributed by atoms with Gasteiger partial charge in [-0.15, -0.1) is 0 Å². The van der Waals surface area contributed by atoms with Crippen molar-refractivity contribution in [1.82, 2.24) is 4.90 Å². The van der Waals surface area contributed by atoms with E-state index in [0.717, 1.165) is 25.9 Å². The Balaban J connectivity index is 2.24. The molecule has 0 aliphatic heterocycles. The van der Waals surface area contributed by atoms with E-state index in [2.05, 4.69) is 31.1 Å². The molecule has 0 amide bonds. The summed E-state index contributed by atoms with van der Waals surface area (Å²) < 4.78 is 13.2. The van der Waals surface area contributed by atoms with Gasteiger partial charge < -0.3 is 16.0 Å². The van der Waals surface area contributed by atoms with Gasteiger partial charge >= 0.3 is 0 Å². The van der Waals surface area contributed by atoms with Crippen molar-refractivity contribution in [3.8, 4) is 0 Å². The molecule has 0 atom stereocenters. The average molecular weight is 253 g/mol. The monoisotopic (exact) mass is 253 g/mol. The standard InChI is InChI=1S/C14H24FN3/c1-11(2)18(3)10-5-4-9-17-13-8-6-7-12(15)14(13)16/h6-8,11,17H,4-5,9-10,16H2,1-3H3. The van der Waals surface area contributed by atoms with Crippen LogP contribution in [0.2, 0.25) is 0 Å². The van der Waals surface area contributed by atoms with Gasteiger partial charge in [0.1, 0.15) is 5.82 Å². The molecule has 0 heterocycles. The highest BCUT2D eigenvalue weighted by Gasteiger charge is 2.04. The van der Waals surface area contributed by atoms with Gasteiger partial charge in [-0.25, -0.2) is 4.39 Å². The van der Waals surface area contributed by atoms with Crippen LogP contribution in [-0.4, -0.2) is 31.1 Å². The summed E-state index contributed by atoms with van der Waals surface area (Å²) in [6.07, 6.45) is 2.17. The molecule has 0 saturated heterocycles. The Labute approximate surface area is 109 Å². The first-order valence-corrected chi connectivity index (χ1v) is 6.50. The summed E-state index contributed by atoms with van der Waals surface area (Å²) in [6, 6.07) is 5.42. The van der Waals surface area contributed by atoms with Crippen molar-refractivity contribution in [3.63, 3.8) is 0 Å². The molecule has 1 aromatic carbocycles. The molecular weight excluding hydrogens is 229 g/mol. The molecule has 0 bridgehead atoms. The summed E-state index contributed by atoms with van der Waals surface area (Å²) >= 11 is 0. The normalized spacial score (nSPS) is 11.2. The fraction of sp³-hybridized carbons (Fsp3) is 0.571. The molecule has 0 unspecified atom stereocenters. The molecule has 0 aliphatic rings. The van der Waals surface area contributed by atoms with Gasteiger partial charge in [0.15, 0.2) is 0 Å². The first-order valence-electron chi connectivity index (χ1n) is 6.50. The summed E-state index contributed by atoms with van der Waals surface area (Å²) in [4.78, 5) is 2.32. The third kappa shape index (κ3) is 4.53. The number of rotatable bonds is 7. The van der Waals surface area contributed by atoms with Crippen LogP contribution in [0.25, 0.3) is 0 Å². The molecule has 0 saturated carbocycles. The molecule has 0 aromatic heterocycles. The second-order valence-corrected chi connectivity index (χ2v) is 4.91. The van der Waals surface area contributed by atoms with E-state index in [1.807, 2.05) is 0 Å². The van der Waals surface area contributed by atoms with Crippen LogP contribution in [0.1, 0.15) is 26.7 Å². The van der Waals surface area contributed by atoms with Gasteiger partial charge in [0.2, 0.25) is 0 Å². The Morgan fingerprint density at radius 3 is 2.72 bits per heavy atom. The second-order valence-electron chi connectivity index (χ2n) is 4.91. The fourth-order valence-corrected chi connectivity index (χ4v) is 1.66. The zero-order valence-corrected chi connectivity index (χ0v) is 11.5. The molecule has 18 heavy (non-hydrogen) atoms. The summed E-state index contributed by atoms with van der Waals surface area (Å²) in [5.41, 5.74) is 6.53. The number of anilines is 2. The van der Waals surface area contributed by atoms with E-state index in [-0.39, 0.29) is 11.5 Å². The topological polar surface area (TPSA) is 41.3 Å². The molecule has 1 rings (SSSR count). The van der Waals surface area contributed by atoms with E-state index in [9.17, 15) is 4.39 Å². The van der Waals surface area contributed by atoms with Gasteiger partial charge in [-0.1, -0.05) is 6.07 Å². The Morgan fingerprint density at radius 2 is 2.06 bits per heavy atom. The summed E-state index contributed by atoms with van der Waals surface area (Å²) in [7, 11) is 2.13. The van der Waals surface area contributed by atoms with Crippen molar-refractivity contribution in [2.24, 2.45) is 0 Å². The number of hydrogen-bond acceptors (Lipinski definition) is 3. The van der Waals surface area contributed by atoms with Crippen LogP contribution in [0, 0.1) is 5.82 Å². The van der Waals surface area contributed by atoms with Gasteiger partial charge in [-0.3, -0.25) is 0 Å². The number of para-hydroxylation sites is 1. The summed E-state index contributed by atoms with van der Waals surface area (Å²) in [5.74, 6) is -0.362. The van der Waals surface area contributed by atoms with Crippen LogP contribution in [0.3, 0.4) is 0 Å². The predicted octanol–water partition coefficient (Wildman–Crippen LogP) is 2.94. The molecule has 0 radical (unpaired) electrons. The van der Waals surface area contributed by atoms with Crippen molar-refractivity contribution < 1.29 is 4.39 Å². The van der Waals surface area contributed by atoms with E-state index in [1.54, 1.807) is 12.1 Å². The summed E-state index contributed by atoms with van der Waals surface area (Å²) in [5, 5.41) is 3.17. The Kier molecular flexibility index (Phi) is 5.92. The SMILES string of the molecule is CC(C)N(C)CCCCNc1cccc(F)c1N. The maximum Gasteiger partial charge on any atom is 0.148 e. The highest BCUT2D eigenvalue weighted by Crippen LogP contribution is 2.20. The first kappa shape index (κ1) is 14.8. The minimum absolute atomic E-state index is 0.205. The van der Waals surface area contributed by atoms with Gasteiger partial charge in [0.05, 0.1) is 11.4 Å². The molecule has 1 aromatic rings. The van der Waals surface area contributed by atoms with Crippen LogP contribution in [0.15, 0.2) is 18.2 Å². The maximum atomic E-state index is 13.2. The number of halogens is 1. The van der Waals surface area contributed by atoms with Gasteiger partial charge in [0.25, 0.3) is 0 Å². The van der Waals surface area contributed by atoms with E-state index in [4.69, 9.17) is 5.73 Å². The van der Waals surface area contributed by atoms with Crippen LogP contribution in [0.5, 0.6) is 0 Å². The molecule has 0 spiro atoms. The van der Waals surface area contributed by atoms with Crippen LogP contribution in [0.4, 0.5) is 15.8 Å². The number of nitrogens with two attached hydrogens (primary N) is 1. The lowest BCUT2D eigenvalue weighted by molar-refractivity contribution is 0.269. The Hall–Kier alpha value is -1.29. The van der Waals surface area contributed by atoms with Crippen molar-refractivity contribution >= 4 is 11.4 Å². The highest BCUT2D eigenvalue weighted by molar-refractivity contribution is 5.66. The predicted molar refractivity (Wildman–Crippen MR) is 76.3 cm³/mol. The number of benzene rings is 1. The third-order valence-electron chi connectivity index (χ3n) is 3.19. The van der Waals surface area contributed by atoms with Crippen molar-refractivity contribution in [2.45, 2.75) is 32.7 Å². The van der Waals surface area contributed by atoms with Crippen LogP contribution >= 0.6 is 0 Å². The number of nitrogens with one attached hydrogen (secondary N) is 1. The highest BCUT2D eigenvalue weighted by atomic mass is 19.1. The third-order valence-corrected chi connectivity index (χ3v) is 3.19. The quantitative estimate of drug-likeness (QED) is 0.580. The largest absolute Gasteiger partial charge is 0.395 e. The zero-order valence-electron chi connectivity index (χ0n) is 11.5. The number of nitrogen functional groups attached to an aromatic ring is 1. The molecular formula is C14H24FN3. The molecule has 3 nitrogen and oxygen atoms in total. The fourth-order valence-electron chi connectivity index (χ4n) is 1.66. The Morgan fingerprint density at radius 1 is 1.33 bits per heavy atom. The van der Waals surface area contributed by atoms with Crippen molar-refractivity contribution in [3.05, 3.63) is 24.0 Å². The van der Waals surface area contributed by atoms with E-state index in [0.29, 0.717) is 11.7 Å². The van der Waals surface area contributed by atoms with E-state index < -0.39 is 0 Å². The molecule has 0 fully saturated rings. The van der Waals surface area contributed by atoms with Crippen molar-refractivity contribution in [2.75, 3.05) is 31.2 Å².